The molecule has 3 heteroatoms. The van der Waals surface area contributed by atoms with Crippen molar-refractivity contribution < 1.29 is 5.11 Å². The van der Waals surface area contributed by atoms with Gasteiger partial charge in [0, 0.05) is 0 Å². The Labute approximate surface area is 84.9 Å². The van der Waals surface area contributed by atoms with Gasteiger partial charge in [0.15, 0.2) is 0 Å². The molecule has 14 heavy (non-hydrogen) atoms. The first kappa shape index (κ1) is 11.2. The monoisotopic (exact) mass is 194 g/mol. The molecule has 0 aliphatic rings. The molecule has 0 aliphatic carbocycles. The largest absolute Gasteiger partial charge is 0.387 e. The van der Waals surface area contributed by atoms with E-state index in [4.69, 9.17) is 5.84 Å². The van der Waals surface area contributed by atoms with E-state index in [1.807, 2.05) is 30.3 Å². The molecule has 0 amide bonds. The lowest BCUT2D eigenvalue weighted by molar-refractivity contribution is 0.123. The van der Waals surface area contributed by atoms with Crippen LogP contribution in [0.2, 0.25) is 0 Å². The highest BCUT2D eigenvalue weighted by Crippen LogP contribution is 2.18. The number of benzene rings is 1. The highest BCUT2D eigenvalue weighted by Gasteiger charge is 2.17. The molecule has 2 atom stereocenters. The topological polar surface area (TPSA) is 58.3 Å². The van der Waals surface area contributed by atoms with Crippen molar-refractivity contribution in [3.05, 3.63) is 35.9 Å². The lowest BCUT2D eigenvalue weighted by Crippen LogP contribution is -2.39. The minimum absolute atomic E-state index is 0.0672. The Morgan fingerprint density at radius 2 is 2.00 bits per heavy atom. The maximum Gasteiger partial charge on any atom is 0.0956 e. The van der Waals surface area contributed by atoms with Gasteiger partial charge in [0.1, 0.15) is 0 Å². The van der Waals surface area contributed by atoms with Crippen molar-refractivity contribution in [1.82, 2.24) is 5.43 Å². The van der Waals surface area contributed by atoms with E-state index in [1.165, 1.54) is 0 Å². The van der Waals surface area contributed by atoms with E-state index >= 15 is 0 Å². The molecule has 1 aromatic rings. The van der Waals surface area contributed by atoms with Crippen LogP contribution in [0, 0.1) is 0 Å². The first-order valence-corrected chi connectivity index (χ1v) is 4.98. The van der Waals surface area contributed by atoms with Gasteiger partial charge in [-0.2, -0.15) is 0 Å². The van der Waals surface area contributed by atoms with Crippen LogP contribution in [0.3, 0.4) is 0 Å². The number of nitrogens with two attached hydrogens (primary N) is 1. The van der Waals surface area contributed by atoms with E-state index in [-0.39, 0.29) is 6.04 Å². The molecule has 0 aliphatic heterocycles. The summed E-state index contributed by atoms with van der Waals surface area (Å²) in [6.07, 6.45) is 1.34. The van der Waals surface area contributed by atoms with E-state index in [1.54, 1.807) is 0 Å². The third-order valence-electron chi connectivity index (χ3n) is 2.34. The molecule has 0 spiro atoms. The number of hydrazine groups is 1. The SMILES string of the molecule is CCCC(NN)C(O)c1ccccc1. The van der Waals surface area contributed by atoms with Gasteiger partial charge in [-0.05, 0) is 12.0 Å². The lowest BCUT2D eigenvalue weighted by atomic mass is 9.99. The van der Waals surface area contributed by atoms with Crippen molar-refractivity contribution >= 4 is 0 Å². The molecule has 0 bridgehead atoms. The number of nitrogens with one attached hydrogen (secondary N) is 1. The third-order valence-corrected chi connectivity index (χ3v) is 2.34. The second-order valence-corrected chi connectivity index (χ2v) is 3.42. The molecule has 1 rings (SSSR count). The second-order valence-electron chi connectivity index (χ2n) is 3.42. The predicted octanol–water partition coefficient (Wildman–Crippen LogP) is 1.35. The van der Waals surface area contributed by atoms with Crippen molar-refractivity contribution in [2.45, 2.75) is 31.9 Å². The molecular weight excluding hydrogens is 176 g/mol. The first-order valence-electron chi connectivity index (χ1n) is 4.98. The predicted molar refractivity (Wildman–Crippen MR) is 57.4 cm³/mol. The maximum absolute atomic E-state index is 9.97. The van der Waals surface area contributed by atoms with Crippen LogP contribution in [0.5, 0.6) is 0 Å². The van der Waals surface area contributed by atoms with Crippen LogP contribution in [0.15, 0.2) is 30.3 Å². The summed E-state index contributed by atoms with van der Waals surface area (Å²) >= 11 is 0. The van der Waals surface area contributed by atoms with E-state index in [9.17, 15) is 5.11 Å². The minimum Gasteiger partial charge on any atom is -0.387 e. The fraction of sp³-hybridized carbons (Fsp3) is 0.455. The summed E-state index contributed by atoms with van der Waals surface area (Å²) in [5, 5.41) is 9.97. The Bertz CT molecular complexity index is 251. The van der Waals surface area contributed by atoms with E-state index < -0.39 is 6.10 Å². The minimum atomic E-state index is -0.527. The smallest absolute Gasteiger partial charge is 0.0956 e. The molecule has 4 N–H and O–H groups in total. The quantitative estimate of drug-likeness (QED) is 0.490. The fourth-order valence-electron chi connectivity index (χ4n) is 1.53. The molecule has 1 aromatic carbocycles. The molecule has 0 saturated carbocycles. The van der Waals surface area contributed by atoms with Crippen LogP contribution in [0.4, 0.5) is 0 Å². The summed E-state index contributed by atoms with van der Waals surface area (Å²) < 4.78 is 0. The van der Waals surface area contributed by atoms with Crippen LogP contribution in [-0.2, 0) is 0 Å². The van der Waals surface area contributed by atoms with Gasteiger partial charge >= 0.3 is 0 Å². The summed E-state index contributed by atoms with van der Waals surface area (Å²) in [6, 6.07) is 9.51. The fourth-order valence-corrected chi connectivity index (χ4v) is 1.53. The Morgan fingerprint density at radius 1 is 1.36 bits per heavy atom. The van der Waals surface area contributed by atoms with Gasteiger partial charge in [0.05, 0.1) is 12.1 Å². The summed E-state index contributed by atoms with van der Waals surface area (Å²) in [7, 11) is 0. The van der Waals surface area contributed by atoms with Gasteiger partial charge in [-0.25, -0.2) is 0 Å². The standard InChI is InChI=1S/C11H18N2O/c1-2-6-10(13-12)11(14)9-7-4-3-5-8-9/h3-5,7-8,10-11,13-14H,2,6,12H2,1H3. The molecule has 0 aromatic heterocycles. The van der Waals surface area contributed by atoms with Crippen LogP contribution in [0.25, 0.3) is 0 Å². The van der Waals surface area contributed by atoms with Crippen LogP contribution in [0.1, 0.15) is 31.4 Å². The second kappa shape index (κ2) is 5.75. The molecule has 78 valence electrons. The molecule has 2 unspecified atom stereocenters. The van der Waals surface area contributed by atoms with E-state index in [0.717, 1.165) is 18.4 Å². The highest BCUT2D eigenvalue weighted by atomic mass is 16.3. The molecule has 0 fully saturated rings. The Balaban J connectivity index is 2.67. The molecular formula is C11H18N2O. The van der Waals surface area contributed by atoms with Crippen molar-refractivity contribution in [2.75, 3.05) is 0 Å². The van der Waals surface area contributed by atoms with Gasteiger partial charge in [-0.3, -0.25) is 11.3 Å². The lowest BCUT2D eigenvalue weighted by Gasteiger charge is -2.21. The van der Waals surface area contributed by atoms with Crippen molar-refractivity contribution in [2.24, 2.45) is 5.84 Å². The Morgan fingerprint density at radius 3 is 2.50 bits per heavy atom. The van der Waals surface area contributed by atoms with E-state index in [2.05, 4.69) is 12.3 Å². The maximum atomic E-state index is 9.97. The average molecular weight is 194 g/mol. The summed E-state index contributed by atoms with van der Waals surface area (Å²) in [5.41, 5.74) is 3.56. The average Bonchev–Trinajstić information content (AvgIpc) is 2.26. The molecule has 3 nitrogen and oxygen atoms in total. The van der Waals surface area contributed by atoms with Crippen molar-refractivity contribution in [1.29, 1.82) is 0 Å². The Hall–Kier alpha value is -0.900. The third kappa shape index (κ3) is 2.80. The number of hydrogen-bond acceptors (Lipinski definition) is 3. The van der Waals surface area contributed by atoms with Gasteiger partial charge in [-0.1, -0.05) is 43.7 Å². The van der Waals surface area contributed by atoms with Gasteiger partial charge in [-0.15, -0.1) is 0 Å². The zero-order chi connectivity index (χ0) is 10.4. The molecule has 0 heterocycles. The zero-order valence-electron chi connectivity index (χ0n) is 8.48. The van der Waals surface area contributed by atoms with Crippen LogP contribution >= 0.6 is 0 Å². The van der Waals surface area contributed by atoms with Gasteiger partial charge < -0.3 is 5.11 Å². The van der Waals surface area contributed by atoms with Crippen LogP contribution < -0.4 is 11.3 Å². The summed E-state index contributed by atoms with van der Waals surface area (Å²) in [6.45, 7) is 2.07. The van der Waals surface area contributed by atoms with Crippen LogP contribution in [-0.4, -0.2) is 11.1 Å². The van der Waals surface area contributed by atoms with Crippen molar-refractivity contribution in [3.8, 4) is 0 Å². The number of hydrogen-bond donors (Lipinski definition) is 3. The summed E-state index contributed by atoms with van der Waals surface area (Å²) in [4.78, 5) is 0. The highest BCUT2D eigenvalue weighted by molar-refractivity contribution is 5.18. The molecule has 0 saturated heterocycles. The Kier molecular flexibility index (Phi) is 4.59. The number of rotatable bonds is 5. The molecule has 0 radical (unpaired) electrons. The van der Waals surface area contributed by atoms with E-state index in [0.29, 0.717) is 0 Å². The number of aliphatic hydroxyl groups excluding tert-OH is 1. The first-order chi connectivity index (χ1) is 6.79. The van der Waals surface area contributed by atoms with Gasteiger partial charge in [0.2, 0.25) is 0 Å². The normalized spacial score (nSPS) is 15.1. The zero-order valence-corrected chi connectivity index (χ0v) is 8.48. The van der Waals surface area contributed by atoms with Gasteiger partial charge in [0.25, 0.3) is 0 Å². The summed E-state index contributed by atoms with van der Waals surface area (Å²) in [5.74, 6) is 5.39. The van der Waals surface area contributed by atoms with Crippen molar-refractivity contribution in [3.63, 3.8) is 0 Å². The number of aliphatic hydroxyl groups is 1.